The molecule has 1 fully saturated rings. The summed E-state index contributed by atoms with van der Waals surface area (Å²) in [6.45, 7) is 0.313. The molecule has 1 aromatic carbocycles. The molecule has 2 heteroatoms. The van der Waals surface area contributed by atoms with Crippen LogP contribution in [0, 0.1) is 12.3 Å². The first-order valence-corrected chi connectivity index (χ1v) is 5.57. The number of nitrogens with one attached hydrogen (secondary N) is 1. The monoisotopic (exact) mass is 213 g/mol. The van der Waals surface area contributed by atoms with Gasteiger partial charge < -0.3 is 5.32 Å². The van der Waals surface area contributed by atoms with Gasteiger partial charge in [0, 0.05) is 0 Å². The van der Waals surface area contributed by atoms with E-state index in [0.717, 1.165) is 24.8 Å². The molecule has 0 spiro atoms. The number of hydrogen-bond donors (Lipinski definition) is 1. The Morgan fingerprint density at radius 1 is 1.38 bits per heavy atom. The fraction of sp³-hybridized carbons (Fsp3) is 0.357. The number of carbonyl (C=O) groups excluding carboxylic acids is 1. The lowest BCUT2D eigenvalue weighted by molar-refractivity contribution is -0.129. The third-order valence-corrected chi connectivity index (χ3v) is 3.32. The minimum absolute atomic E-state index is 0.0721. The summed E-state index contributed by atoms with van der Waals surface area (Å²) in [5.41, 5.74) is 0.786. The smallest absolute Gasteiger partial charge is 0.231 e. The molecule has 1 aliphatic rings. The quantitative estimate of drug-likeness (QED) is 0.763. The SMILES string of the molecule is C#CCNC(=O)C1(c2ccccc2)CCC1. The molecule has 0 radical (unpaired) electrons. The second-order valence-electron chi connectivity index (χ2n) is 4.19. The molecule has 0 heterocycles. The molecule has 2 nitrogen and oxygen atoms in total. The second kappa shape index (κ2) is 4.40. The topological polar surface area (TPSA) is 29.1 Å². The third-order valence-electron chi connectivity index (χ3n) is 3.32. The lowest BCUT2D eigenvalue weighted by Crippen LogP contribution is -2.49. The Bertz CT molecular complexity index is 412. The molecular formula is C14H15NO. The van der Waals surface area contributed by atoms with Crippen LogP contribution >= 0.6 is 0 Å². The summed E-state index contributed by atoms with van der Waals surface area (Å²) in [4.78, 5) is 12.1. The van der Waals surface area contributed by atoms with Crippen molar-refractivity contribution in [3.05, 3.63) is 35.9 Å². The van der Waals surface area contributed by atoms with Crippen LogP contribution < -0.4 is 5.32 Å². The second-order valence-corrected chi connectivity index (χ2v) is 4.19. The molecule has 0 unspecified atom stereocenters. The van der Waals surface area contributed by atoms with Crippen molar-refractivity contribution in [1.29, 1.82) is 0 Å². The zero-order valence-electron chi connectivity index (χ0n) is 9.20. The zero-order valence-corrected chi connectivity index (χ0v) is 9.20. The molecule has 0 saturated heterocycles. The maximum atomic E-state index is 12.1. The maximum Gasteiger partial charge on any atom is 0.231 e. The number of amides is 1. The molecule has 1 amide bonds. The van der Waals surface area contributed by atoms with Crippen LogP contribution in [0.5, 0.6) is 0 Å². The Morgan fingerprint density at radius 2 is 2.06 bits per heavy atom. The van der Waals surface area contributed by atoms with Crippen molar-refractivity contribution >= 4 is 5.91 Å². The lowest BCUT2D eigenvalue weighted by atomic mass is 9.64. The minimum atomic E-state index is -0.321. The van der Waals surface area contributed by atoms with E-state index in [0.29, 0.717) is 6.54 Å². The predicted octanol–water partition coefficient (Wildman–Crippen LogP) is 1.86. The Hall–Kier alpha value is -1.75. The molecule has 82 valence electrons. The van der Waals surface area contributed by atoms with Crippen molar-refractivity contribution < 1.29 is 4.79 Å². The van der Waals surface area contributed by atoms with Gasteiger partial charge in [0.25, 0.3) is 0 Å². The summed E-state index contributed by atoms with van der Waals surface area (Å²) in [6, 6.07) is 9.96. The first-order chi connectivity index (χ1) is 7.79. The highest BCUT2D eigenvalue weighted by Gasteiger charge is 2.45. The Kier molecular flexibility index (Phi) is 2.96. The molecule has 1 saturated carbocycles. The van der Waals surface area contributed by atoms with Crippen molar-refractivity contribution in [2.75, 3.05) is 6.54 Å². The fourth-order valence-corrected chi connectivity index (χ4v) is 2.23. The molecule has 0 aromatic heterocycles. The number of benzene rings is 1. The molecule has 0 aliphatic heterocycles. The Balaban J connectivity index is 2.21. The van der Waals surface area contributed by atoms with E-state index in [1.54, 1.807) is 0 Å². The van der Waals surface area contributed by atoms with Crippen molar-refractivity contribution in [1.82, 2.24) is 5.32 Å². The van der Waals surface area contributed by atoms with Crippen LogP contribution in [0.2, 0.25) is 0 Å². The van der Waals surface area contributed by atoms with Crippen molar-refractivity contribution in [3.63, 3.8) is 0 Å². The summed E-state index contributed by atoms with van der Waals surface area (Å²) >= 11 is 0. The minimum Gasteiger partial charge on any atom is -0.344 e. The highest BCUT2D eigenvalue weighted by molar-refractivity contribution is 5.89. The van der Waals surface area contributed by atoms with Gasteiger partial charge in [-0.25, -0.2) is 0 Å². The fourth-order valence-electron chi connectivity index (χ4n) is 2.23. The van der Waals surface area contributed by atoms with Gasteiger partial charge in [-0.15, -0.1) is 6.42 Å². The molecule has 0 atom stereocenters. The number of rotatable bonds is 3. The largest absolute Gasteiger partial charge is 0.344 e. The van der Waals surface area contributed by atoms with E-state index in [9.17, 15) is 4.79 Å². The predicted molar refractivity (Wildman–Crippen MR) is 63.8 cm³/mol. The first kappa shape index (κ1) is 10.8. The van der Waals surface area contributed by atoms with E-state index in [1.165, 1.54) is 0 Å². The molecular weight excluding hydrogens is 198 g/mol. The standard InChI is InChI=1S/C14H15NO/c1-2-11-15-13(16)14(9-6-10-14)12-7-4-3-5-8-12/h1,3-5,7-8H,6,9-11H2,(H,15,16). The van der Waals surface area contributed by atoms with E-state index >= 15 is 0 Å². The summed E-state index contributed by atoms with van der Waals surface area (Å²) < 4.78 is 0. The van der Waals surface area contributed by atoms with Gasteiger partial charge in [0.05, 0.1) is 12.0 Å². The van der Waals surface area contributed by atoms with Gasteiger partial charge in [0.1, 0.15) is 0 Å². The van der Waals surface area contributed by atoms with Gasteiger partial charge >= 0.3 is 0 Å². The molecule has 2 rings (SSSR count). The zero-order chi connectivity index (χ0) is 11.4. The van der Waals surface area contributed by atoms with Gasteiger partial charge in [-0.3, -0.25) is 4.79 Å². The average Bonchev–Trinajstić information content (AvgIpc) is 2.26. The van der Waals surface area contributed by atoms with Crippen LogP contribution in [0.15, 0.2) is 30.3 Å². The molecule has 0 bridgehead atoms. The summed E-state index contributed by atoms with van der Waals surface area (Å²) in [6.07, 6.45) is 8.11. The molecule has 16 heavy (non-hydrogen) atoms. The molecule has 1 aliphatic carbocycles. The highest BCUT2D eigenvalue weighted by atomic mass is 16.2. The van der Waals surface area contributed by atoms with Crippen LogP contribution in [0.25, 0.3) is 0 Å². The highest BCUT2D eigenvalue weighted by Crippen LogP contribution is 2.43. The average molecular weight is 213 g/mol. The van der Waals surface area contributed by atoms with Crippen LogP contribution in [0.3, 0.4) is 0 Å². The van der Waals surface area contributed by atoms with E-state index in [4.69, 9.17) is 6.42 Å². The van der Waals surface area contributed by atoms with Crippen LogP contribution in [0.1, 0.15) is 24.8 Å². The van der Waals surface area contributed by atoms with Crippen LogP contribution in [-0.4, -0.2) is 12.5 Å². The number of hydrogen-bond acceptors (Lipinski definition) is 1. The van der Waals surface area contributed by atoms with Crippen LogP contribution in [0.4, 0.5) is 0 Å². The maximum absolute atomic E-state index is 12.1. The van der Waals surface area contributed by atoms with Crippen molar-refractivity contribution in [3.8, 4) is 12.3 Å². The van der Waals surface area contributed by atoms with Crippen molar-refractivity contribution in [2.24, 2.45) is 0 Å². The van der Waals surface area contributed by atoms with Gasteiger partial charge in [-0.2, -0.15) is 0 Å². The van der Waals surface area contributed by atoms with E-state index in [2.05, 4.69) is 11.2 Å². The van der Waals surface area contributed by atoms with Gasteiger partial charge in [-0.1, -0.05) is 42.7 Å². The third kappa shape index (κ3) is 1.69. The summed E-state index contributed by atoms with van der Waals surface area (Å²) in [5.74, 6) is 2.51. The van der Waals surface area contributed by atoms with E-state index in [1.807, 2.05) is 30.3 Å². The summed E-state index contributed by atoms with van der Waals surface area (Å²) in [5, 5.41) is 2.80. The van der Waals surface area contributed by atoms with Crippen LogP contribution in [-0.2, 0) is 10.2 Å². The van der Waals surface area contributed by atoms with Gasteiger partial charge in [-0.05, 0) is 18.4 Å². The first-order valence-electron chi connectivity index (χ1n) is 5.57. The molecule has 1 aromatic rings. The van der Waals surface area contributed by atoms with Crippen molar-refractivity contribution in [2.45, 2.75) is 24.7 Å². The number of terminal acetylenes is 1. The Labute approximate surface area is 96.1 Å². The molecule has 1 N–H and O–H groups in total. The van der Waals surface area contributed by atoms with Gasteiger partial charge in [0.2, 0.25) is 5.91 Å². The van der Waals surface area contributed by atoms with Gasteiger partial charge in [0.15, 0.2) is 0 Å². The number of carbonyl (C=O) groups is 1. The summed E-state index contributed by atoms with van der Waals surface area (Å²) in [7, 11) is 0. The normalized spacial score (nSPS) is 16.9. The lowest BCUT2D eigenvalue weighted by Gasteiger charge is -2.40. The van der Waals surface area contributed by atoms with E-state index < -0.39 is 0 Å². The van der Waals surface area contributed by atoms with E-state index in [-0.39, 0.29) is 11.3 Å². The Morgan fingerprint density at radius 3 is 2.56 bits per heavy atom.